The second kappa shape index (κ2) is 6.79. The number of nitrogens with one attached hydrogen (secondary N) is 1. The van der Waals surface area contributed by atoms with E-state index in [9.17, 15) is 0 Å². The molecule has 0 radical (unpaired) electrons. The van der Waals surface area contributed by atoms with Crippen molar-refractivity contribution in [2.75, 3.05) is 26.2 Å². The minimum absolute atomic E-state index is 0.735. The average molecular weight is 278 g/mol. The van der Waals surface area contributed by atoms with Crippen LogP contribution in [0.5, 0.6) is 0 Å². The second-order valence-electron chi connectivity index (χ2n) is 7.71. The Hall–Kier alpha value is -0.0800. The standard InChI is InChI=1S/C18H34N2/c1-3-10-20-11-8-15(9-12-20)14(2)19-13-18(16-4-5-16)17-6-7-17/h14-19H,3-13H2,1-2H3. The molecule has 3 rings (SSSR count). The molecule has 0 amide bonds. The van der Waals surface area contributed by atoms with E-state index in [0.717, 1.165) is 29.7 Å². The highest BCUT2D eigenvalue weighted by molar-refractivity contribution is 4.93. The Labute approximate surface area is 125 Å². The van der Waals surface area contributed by atoms with Gasteiger partial charge in [0.1, 0.15) is 0 Å². The molecule has 1 saturated heterocycles. The van der Waals surface area contributed by atoms with Gasteiger partial charge >= 0.3 is 0 Å². The van der Waals surface area contributed by atoms with Gasteiger partial charge in [0.25, 0.3) is 0 Å². The molecule has 116 valence electrons. The fourth-order valence-corrected chi connectivity index (χ4v) is 4.25. The van der Waals surface area contributed by atoms with Crippen LogP contribution in [0, 0.1) is 23.7 Å². The molecular weight excluding hydrogens is 244 g/mol. The average Bonchev–Trinajstić information content (AvgIpc) is 3.34. The molecule has 2 nitrogen and oxygen atoms in total. The molecule has 0 spiro atoms. The monoisotopic (exact) mass is 278 g/mol. The molecule has 1 atom stereocenters. The van der Waals surface area contributed by atoms with Gasteiger partial charge < -0.3 is 10.2 Å². The highest BCUT2D eigenvalue weighted by Crippen LogP contribution is 2.48. The zero-order valence-corrected chi connectivity index (χ0v) is 13.6. The van der Waals surface area contributed by atoms with Gasteiger partial charge in [-0.25, -0.2) is 0 Å². The zero-order valence-electron chi connectivity index (χ0n) is 13.6. The third-order valence-corrected chi connectivity index (χ3v) is 6.01. The molecule has 1 aliphatic heterocycles. The summed E-state index contributed by atoms with van der Waals surface area (Å²) in [6.45, 7) is 10.0. The van der Waals surface area contributed by atoms with Crippen molar-refractivity contribution in [3.05, 3.63) is 0 Å². The van der Waals surface area contributed by atoms with Crippen LogP contribution in [0.25, 0.3) is 0 Å². The summed E-state index contributed by atoms with van der Waals surface area (Å²) in [6, 6.07) is 0.735. The van der Waals surface area contributed by atoms with Crippen molar-refractivity contribution in [2.24, 2.45) is 23.7 Å². The van der Waals surface area contributed by atoms with Crippen LogP contribution in [0.4, 0.5) is 0 Å². The predicted molar refractivity (Wildman–Crippen MR) is 85.9 cm³/mol. The van der Waals surface area contributed by atoms with Gasteiger partial charge in [-0.2, -0.15) is 0 Å². The molecule has 1 N–H and O–H groups in total. The highest BCUT2D eigenvalue weighted by Gasteiger charge is 2.41. The molecule has 2 aliphatic carbocycles. The summed E-state index contributed by atoms with van der Waals surface area (Å²) in [4.78, 5) is 2.65. The van der Waals surface area contributed by atoms with Crippen molar-refractivity contribution in [3.8, 4) is 0 Å². The van der Waals surface area contributed by atoms with Crippen LogP contribution < -0.4 is 5.32 Å². The van der Waals surface area contributed by atoms with E-state index in [2.05, 4.69) is 24.1 Å². The Kier molecular flexibility index (Phi) is 5.04. The van der Waals surface area contributed by atoms with Crippen LogP contribution in [0.2, 0.25) is 0 Å². The predicted octanol–water partition coefficient (Wildman–Crippen LogP) is 3.52. The van der Waals surface area contributed by atoms with Crippen molar-refractivity contribution in [1.82, 2.24) is 10.2 Å². The second-order valence-corrected chi connectivity index (χ2v) is 7.71. The summed E-state index contributed by atoms with van der Waals surface area (Å²) in [5.74, 6) is 4.13. The summed E-state index contributed by atoms with van der Waals surface area (Å²) >= 11 is 0. The first kappa shape index (κ1) is 14.8. The van der Waals surface area contributed by atoms with Gasteiger partial charge in [-0.15, -0.1) is 0 Å². The van der Waals surface area contributed by atoms with Crippen molar-refractivity contribution in [3.63, 3.8) is 0 Å². The summed E-state index contributed by atoms with van der Waals surface area (Å²) in [7, 11) is 0. The molecular formula is C18H34N2. The van der Waals surface area contributed by atoms with Crippen LogP contribution in [0.3, 0.4) is 0 Å². The fraction of sp³-hybridized carbons (Fsp3) is 1.00. The molecule has 2 heteroatoms. The van der Waals surface area contributed by atoms with Crippen LogP contribution in [-0.4, -0.2) is 37.1 Å². The lowest BCUT2D eigenvalue weighted by atomic mass is 9.89. The van der Waals surface area contributed by atoms with Crippen molar-refractivity contribution in [2.45, 2.75) is 64.8 Å². The van der Waals surface area contributed by atoms with E-state index in [4.69, 9.17) is 0 Å². The Morgan fingerprint density at radius 3 is 2.05 bits per heavy atom. The third-order valence-electron chi connectivity index (χ3n) is 6.01. The van der Waals surface area contributed by atoms with Crippen LogP contribution >= 0.6 is 0 Å². The van der Waals surface area contributed by atoms with E-state index in [1.165, 1.54) is 71.1 Å². The molecule has 0 bridgehead atoms. The minimum Gasteiger partial charge on any atom is -0.314 e. The van der Waals surface area contributed by atoms with E-state index in [-0.39, 0.29) is 0 Å². The molecule has 0 aromatic heterocycles. The molecule has 2 saturated carbocycles. The van der Waals surface area contributed by atoms with Gasteiger partial charge in [0, 0.05) is 6.04 Å². The third kappa shape index (κ3) is 3.98. The van der Waals surface area contributed by atoms with Gasteiger partial charge in [-0.3, -0.25) is 0 Å². The van der Waals surface area contributed by atoms with E-state index < -0.39 is 0 Å². The first-order valence-corrected chi connectivity index (χ1v) is 9.23. The molecule has 1 unspecified atom stereocenters. The van der Waals surface area contributed by atoms with Gasteiger partial charge in [-0.1, -0.05) is 6.92 Å². The minimum atomic E-state index is 0.735. The molecule has 1 heterocycles. The topological polar surface area (TPSA) is 15.3 Å². The molecule has 3 aliphatic rings. The maximum Gasteiger partial charge on any atom is 0.00680 e. The number of piperidine rings is 1. The van der Waals surface area contributed by atoms with Crippen LogP contribution in [-0.2, 0) is 0 Å². The largest absolute Gasteiger partial charge is 0.314 e. The van der Waals surface area contributed by atoms with Crippen molar-refractivity contribution < 1.29 is 0 Å². The quantitative estimate of drug-likeness (QED) is 0.731. The maximum atomic E-state index is 3.92. The summed E-state index contributed by atoms with van der Waals surface area (Å²) in [6.07, 6.45) is 10.2. The van der Waals surface area contributed by atoms with Crippen molar-refractivity contribution >= 4 is 0 Å². The Bertz CT molecular complexity index is 276. The lowest BCUT2D eigenvalue weighted by Crippen LogP contribution is -2.43. The van der Waals surface area contributed by atoms with E-state index >= 15 is 0 Å². The number of hydrogen-bond donors (Lipinski definition) is 1. The summed E-state index contributed by atoms with van der Waals surface area (Å²) in [5, 5.41) is 3.92. The molecule has 0 aromatic rings. The number of hydrogen-bond acceptors (Lipinski definition) is 2. The van der Waals surface area contributed by atoms with Gasteiger partial charge in [0.15, 0.2) is 0 Å². The van der Waals surface area contributed by atoms with Crippen molar-refractivity contribution in [1.29, 1.82) is 0 Å². The summed E-state index contributed by atoms with van der Waals surface area (Å²) < 4.78 is 0. The van der Waals surface area contributed by atoms with E-state index in [0.29, 0.717) is 0 Å². The highest BCUT2D eigenvalue weighted by atomic mass is 15.1. The molecule has 0 aromatic carbocycles. The SMILES string of the molecule is CCCN1CCC(C(C)NCC(C2CC2)C2CC2)CC1. The Morgan fingerprint density at radius 2 is 1.55 bits per heavy atom. The number of rotatable bonds is 8. The van der Waals surface area contributed by atoms with Gasteiger partial charge in [-0.05, 0) is 102 Å². The first-order chi connectivity index (χ1) is 9.78. The smallest absolute Gasteiger partial charge is 0.00680 e. The Balaban J connectivity index is 1.37. The summed E-state index contributed by atoms with van der Waals surface area (Å²) in [5.41, 5.74) is 0. The lowest BCUT2D eigenvalue weighted by molar-refractivity contribution is 0.159. The van der Waals surface area contributed by atoms with Gasteiger partial charge in [0.05, 0.1) is 0 Å². The van der Waals surface area contributed by atoms with Gasteiger partial charge in [0.2, 0.25) is 0 Å². The first-order valence-electron chi connectivity index (χ1n) is 9.23. The van der Waals surface area contributed by atoms with E-state index in [1.54, 1.807) is 0 Å². The van der Waals surface area contributed by atoms with E-state index in [1.807, 2.05) is 0 Å². The zero-order chi connectivity index (χ0) is 13.9. The van der Waals surface area contributed by atoms with Crippen LogP contribution in [0.1, 0.15) is 58.8 Å². The number of likely N-dealkylation sites (tertiary alicyclic amines) is 1. The fourth-order valence-electron chi connectivity index (χ4n) is 4.25. The Morgan fingerprint density at radius 1 is 0.950 bits per heavy atom. The lowest BCUT2D eigenvalue weighted by Gasteiger charge is -2.35. The molecule has 20 heavy (non-hydrogen) atoms. The van der Waals surface area contributed by atoms with Crippen LogP contribution in [0.15, 0.2) is 0 Å². The maximum absolute atomic E-state index is 3.92. The molecule has 3 fully saturated rings. The normalized spacial score (nSPS) is 27.1. The number of nitrogens with zero attached hydrogens (tertiary/aromatic N) is 1.